The van der Waals surface area contributed by atoms with Gasteiger partial charge in [0.1, 0.15) is 0 Å². The third-order valence-corrected chi connectivity index (χ3v) is 5.70. The Morgan fingerprint density at radius 2 is 1.70 bits per heavy atom. The van der Waals surface area contributed by atoms with Gasteiger partial charge in [-0.3, -0.25) is 10.1 Å². The van der Waals surface area contributed by atoms with Gasteiger partial charge in [-0.15, -0.1) is 0 Å². The van der Waals surface area contributed by atoms with Crippen LogP contribution in [0.1, 0.15) is 5.56 Å². The maximum absolute atomic E-state index is 12.6. The van der Waals surface area contributed by atoms with Crippen LogP contribution in [0.4, 0.5) is 5.69 Å². The summed E-state index contributed by atoms with van der Waals surface area (Å²) in [6.07, 6.45) is -1.22. The molecule has 0 amide bonds. The van der Waals surface area contributed by atoms with Crippen LogP contribution in [0, 0.1) is 10.1 Å². The number of para-hydroxylation sites is 1. The highest BCUT2D eigenvalue weighted by Gasteiger charge is 2.40. The standard InChI is InChI=1S/C19H24N2O8S/c1-27-18(28-2)19(22,14-29-12-15-8-4-3-5-9-15)13-20-30(25,26)17-11-7-6-10-16(17)21(23)24/h3-11,18,20,22H,12-14H2,1-2H3/t19-/m0/s1. The normalized spacial score (nSPS) is 13.9. The van der Waals surface area contributed by atoms with Crippen LogP contribution in [0.15, 0.2) is 59.5 Å². The molecule has 2 aromatic carbocycles. The van der Waals surface area contributed by atoms with E-state index in [4.69, 9.17) is 14.2 Å². The zero-order valence-electron chi connectivity index (χ0n) is 16.6. The third-order valence-electron chi connectivity index (χ3n) is 4.25. The van der Waals surface area contributed by atoms with Gasteiger partial charge in [-0.2, -0.15) is 0 Å². The fraction of sp³-hybridized carbons (Fsp3) is 0.368. The largest absolute Gasteiger partial charge is 0.381 e. The van der Waals surface area contributed by atoms with Crippen molar-refractivity contribution in [3.63, 3.8) is 0 Å². The smallest absolute Gasteiger partial charge is 0.289 e. The first-order chi connectivity index (χ1) is 14.2. The van der Waals surface area contributed by atoms with E-state index in [0.29, 0.717) is 0 Å². The van der Waals surface area contributed by atoms with E-state index in [-0.39, 0.29) is 13.2 Å². The quantitative estimate of drug-likeness (QED) is 0.287. The molecule has 0 aliphatic carbocycles. The molecule has 0 heterocycles. The van der Waals surface area contributed by atoms with Crippen molar-refractivity contribution in [1.82, 2.24) is 4.72 Å². The molecule has 0 saturated heterocycles. The number of aliphatic hydroxyl groups is 1. The van der Waals surface area contributed by atoms with Crippen molar-refractivity contribution in [1.29, 1.82) is 0 Å². The fourth-order valence-corrected chi connectivity index (χ4v) is 4.06. The number of benzene rings is 2. The summed E-state index contributed by atoms with van der Waals surface area (Å²) in [7, 11) is -1.75. The van der Waals surface area contributed by atoms with Gasteiger partial charge in [0.15, 0.2) is 16.8 Å². The molecule has 0 aromatic heterocycles. The van der Waals surface area contributed by atoms with Crippen LogP contribution in [0.5, 0.6) is 0 Å². The topological polar surface area (TPSA) is 137 Å². The number of rotatable bonds is 12. The van der Waals surface area contributed by atoms with Gasteiger partial charge in [-0.05, 0) is 11.6 Å². The van der Waals surface area contributed by atoms with Crippen LogP contribution in [-0.4, -0.2) is 57.7 Å². The Bertz CT molecular complexity index is 935. The number of nitrogens with one attached hydrogen (secondary N) is 1. The number of nitro groups is 1. The van der Waals surface area contributed by atoms with Crippen LogP contribution >= 0.6 is 0 Å². The van der Waals surface area contributed by atoms with Gasteiger partial charge in [0.05, 0.1) is 18.1 Å². The van der Waals surface area contributed by atoms with Crippen molar-refractivity contribution in [2.75, 3.05) is 27.4 Å². The lowest BCUT2D eigenvalue weighted by Crippen LogP contribution is -2.56. The molecule has 11 heteroatoms. The molecule has 0 aliphatic rings. The number of hydrogen-bond acceptors (Lipinski definition) is 8. The summed E-state index contributed by atoms with van der Waals surface area (Å²) >= 11 is 0. The highest BCUT2D eigenvalue weighted by atomic mass is 32.2. The molecule has 1 atom stereocenters. The molecule has 0 bridgehead atoms. The highest BCUT2D eigenvalue weighted by molar-refractivity contribution is 7.89. The van der Waals surface area contributed by atoms with Crippen molar-refractivity contribution in [2.24, 2.45) is 0 Å². The van der Waals surface area contributed by atoms with E-state index in [1.807, 2.05) is 30.3 Å². The summed E-state index contributed by atoms with van der Waals surface area (Å²) in [5, 5.41) is 22.2. The van der Waals surface area contributed by atoms with E-state index in [1.54, 1.807) is 0 Å². The van der Waals surface area contributed by atoms with E-state index < -0.39 is 44.0 Å². The molecule has 0 saturated carbocycles. The second-order valence-corrected chi connectivity index (χ2v) is 8.17. The van der Waals surface area contributed by atoms with Gasteiger partial charge in [0.2, 0.25) is 10.0 Å². The highest BCUT2D eigenvalue weighted by Crippen LogP contribution is 2.24. The molecule has 0 fully saturated rings. The predicted octanol–water partition coefficient (Wildman–Crippen LogP) is 1.44. The zero-order valence-corrected chi connectivity index (χ0v) is 17.4. The van der Waals surface area contributed by atoms with Gasteiger partial charge in [0, 0.05) is 26.8 Å². The lowest BCUT2D eigenvalue weighted by Gasteiger charge is -2.33. The van der Waals surface area contributed by atoms with Gasteiger partial charge in [0.25, 0.3) is 5.69 Å². The van der Waals surface area contributed by atoms with Crippen LogP contribution in [0.25, 0.3) is 0 Å². The minimum Gasteiger partial charge on any atom is -0.381 e. The molecule has 0 radical (unpaired) electrons. The van der Waals surface area contributed by atoms with Crippen LogP contribution in [0.2, 0.25) is 0 Å². The second kappa shape index (κ2) is 10.6. The fourth-order valence-electron chi connectivity index (χ4n) is 2.79. The Balaban J connectivity index is 2.16. The maximum Gasteiger partial charge on any atom is 0.289 e. The average Bonchev–Trinajstić information content (AvgIpc) is 2.74. The minimum atomic E-state index is -4.31. The Labute approximate surface area is 174 Å². The number of hydrogen-bond donors (Lipinski definition) is 2. The average molecular weight is 440 g/mol. The van der Waals surface area contributed by atoms with E-state index >= 15 is 0 Å². The monoisotopic (exact) mass is 440 g/mol. The summed E-state index contributed by atoms with van der Waals surface area (Å²) in [4.78, 5) is 9.84. The summed E-state index contributed by atoms with van der Waals surface area (Å²) < 4.78 is 43.2. The molecule has 2 N–H and O–H groups in total. The van der Waals surface area contributed by atoms with Gasteiger partial charge in [-0.25, -0.2) is 13.1 Å². The number of methoxy groups -OCH3 is 2. The molecule has 0 aliphatic heterocycles. The maximum atomic E-state index is 12.6. The summed E-state index contributed by atoms with van der Waals surface area (Å²) in [5.74, 6) is 0. The SMILES string of the molecule is COC(OC)[C@](O)(CNS(=O)(=O)c1ccccc1[N+](=O)[O-])COCc1ccccc1. The molecular weight excluding hydrogens is 416 g/mol. The van der Waals surface area contributed by atoms with Gasteiger partial charge >= 0.3 is 0 Å². The molecule has 10 nitrogen and oxygen atoms in total. The summed E-state index contributed by atoms with van der Waals surface area (Å²) in [6.45, 7) is -0.726. The van der Waals surface area contributed by atoms with Crippen LogP contribution in [-0.2, 0) is 30.8 Å². The molecule has 30 heavy (non-hydrogen) atoms. The van der Waals surface area contributed by atoms with E-state index in [1.165, 1.54) is 26.4 Å². The Morgan fingerprint density at radius 3 is 2.30 bits per heavy atom. The van der Waals surface area contributed by atoms with Gasteiger partial charge < -0.3 is 19.3 Å². The Morgan fingerprint density at radius 1 is 1.10 bits per heavy atom. The third kappa shape index (κ3) is 6.05. The first-order valence-electron chi connectivity index (χ1n) is 8.86. The van der Waals surface area contributed by atoms with Crippen molar-refractivity contribution >= 4 is 15.7 Å². The number of nitro benzene ring substituents is 1. The van der Waals surface area contributed by atoms with Crippen molar-refractivity contribution in [3.8, 4) is 0 Å². The minimum absolute atomic E-state index is 0.167. The van der Waals surface area contributed by atoms with E-state index in [9.17, 15) is 23.6 Å². The summed E-state index contributed by atoms with van der Waals surface area (Å²) in [6, 6.07) is 14.1. The molecule has 2 aromatic rings. The Kier molecular flexibility index (Phi) is 8.41. The number of sulfonamides is 1. The van der Waals surface area contributed by atoms with Crippen molar-refractivity contribution in [2.45, 2.75) is 23.4 Å². The van der Waals surface area contributed by atoms with Crippen molar-refractivity contribution < 1.29 is 32.7 Å². The summed E-state index contributed by atoms with van der Waals surface area (Å²) in [5.41, 5.74) is -1.63. The zero-order chi connectivity index (χ0) is 22.2. The predicted molar refractivity (Wildman–Crippen MR) is 107 cm³/mol. The number of ether oxygens (including phenoxy) is 3. The molecule has 0 spiro atoms. The van der Waals surface area contributed by atoms with Crippen LogP contribution < -0.4 is 4.72 Å². The van der Waals surface area contributed by atoms with Gasteiger partial charge in [-0.1, -0.05) is 42.5 Å². The molecule has 2 rings (SSSR count). The Hall–Kier alpha value is -2.41. The first kappa shape index (κ1) is 23.9. The first-order valence-corrected chi connectivity index (χ1v) is 10.3. The lowest BCUT2D eigenvalue weighted by atomic mass is 10.1. The van der Waals surface area contributed by atoms with Crippen LogP contribution in [0.3, 0.4) is 0 Å². The molecular formula is C19H24N2O8S. The number of nitrogens with zero attached hydrogens (tertiary/aromatic N) is 1. The second-order valence-electron chi connectivity index (χ2n) is 6.43. The van der Waals surface area contributed by atoms with E-state index in [2.05, 4.69) is 4.72 Å². The van der Waals surface area contributed by atoms with Crippen molar-refractivity contribution in [3.05, 3.63) is 70.3 Å². The van der Waals surface area contributed by atoms with E-state index in [0.717, 1.165) is 17.7 Å². The molecule has 164 valence electrons. The molecule has 0 unspecified atom stereocenters. The lowest BCUT2D eigenvalue weighted by molar-refractivity contribution is -0.387.